The van der Waals surface area contributed by atoms with Gasteiger partial charge < -0.3 is 4.98 Å². The third-order valence-corrected chi connectivity index (χ3v) is 3.03. The number of pyridine rings is 1. The first-order chi connectivity index (χ1) is 6.72. The lowest BCUT2D eigenvalue weighted by Gasteiger charge is -2.05. The molecule has 0 spiro atoms. The molecule has 0 radical (unpaired) electrons. The summed E-state index contributed by atoms with van der Waals surface area (Å²) in [5.74, 6) is 0. The van der Waals surface area contributed by atoms with Gasteiger partial charge in [-0.3, -0.25) is 4.79 Å². The number of hydrogen-bond acceptors (Lipinski definition) is 1. The number of H-pyrrole nitrogens is 1. The van der Waals surface area contributed by atoms with E-state index in [1.165, 1.54) is 11.1 Å². The smallest absolute Gasteiger partial charge is 0.248 e. The largest absolute Gasteiger partial charge is 0.322 e. The summed E-state index contributed by atoms with van der Waals surface area (Å²) in [6, 6.07) is 7.41. The fraction of sp³-hybridized carbons (Fsp3) is 0.182. The number of rotatable bonds is 1. The van der Waals surface area contributed by atoms with Crippen LogP contribution in [0.1, 0.15) is 11.1 Å². The second kappa shape index (κ2) is 3.58. The summed E-state index contributed by atoms with van der Waals surface area (Å²) >= 11 is 3.44. The van der Waals surface area contributed by atoms with Gasteiger partial charge in [0.25, 0.3) is 0 Å². The van der Waals surface area contributed by atoms with Crippen molar-refractivity contribution < 1.29 is 0 Å². The van der Waals surface area contributed by atoms with E-state index in [2.05, 4.69) is 27.8 Å². The molecule has 2 aromatic rings. The molecule has 0 atom stereocenters. The van der Waals surface area contributed by atoms with Gasteiger partial charge in [-0.05, 0) is 30.2 Å². The predicted octanol–water partition coefficient (Wildman–Crippen LogP) is 2.73. The zero-order valence-corrected chi connectivity index (χ0v) is 9.39. The fourth-order valence-electron chi connectivity index (χ4n) is 1.58. The third-order valence-electron chi connectivity index (χ3n) is 2.43. The van der Waals surface area contributed by atoms with Crippen LogP contribution in [0.5, 0.6) is 0 Å². The summed E-state index contributed by atoms with van der Waals surface area (Å²) in [6.07, 6.45) is 0. The first-order valence-electron chi connectivity index (χ1n) is 4.40. The highest BCUT2D eigenvalue weighted by atomic mass is 79.9. The van der Waals surface area contributed by atoms with E-state index in [1.807, 2.05) is 18.2 Å². The monoisotopic (exact) mass is 251 g/mol. The molecule has 1 aromatic carbocycles. The van der Waals surface area contributed by atoms with Gasteiger partial charge in [-0.15, -0.1) is 0 Å². The van der Waals surface area contributed by atoms with Crippen molar-refractivity contribution in [1.82, 2.24) is 4.98 Å². The van der Waals surface area contributed by atoms with Crippen molar-refractivity contribution in [3.05, 3.63) is 45.7 Å². The first-order valence-corrected chi connectivity index (χ1v) is 5.52. The van der Waals surface area contributed by atoms with Crippen LogP contribution in [0.2, 0.25) is 0 Å². The SMILES string of the molecule is Cc1c(CBr)ccc2[nH]c(=O)ccc12. The van der Waals surface area contributed by atoms with E-state index in [9.17, 15) is 4.79 Å². The van der Waals surface area contributed by atoms with Gasteiger partial charge in [-0.2, -0.15) is 0 Å². The minimum absolute atomic E-state index is 0.0523. The Morgan fingerprint density at radius 3 is 2.79 bits per heavy atom. The van der Waals surface area contributed by atoms with Gasteiger partial charge in [-0.25, -0.2) is 0 Å². The van der Waals surface area contributed by atoms with Gasteiger partial charge >= 0.3 is 0 Å². The molecule has 2 nitrogen and oxygen atoms in total. The molecule has 0 aliphatic heterocycles. The number of aromatic nitrogens is 1. The Kier molecular flexibility index (Phi) is 2.42. The molecular weight excluding hydrogens is 242 g/mol. The molecule has 0 fully saturated rings. The number of halogens is 1. The summed E-state index contributed by atoms with van der Waals surface area (Å²) in [6.45, 7) is 2.07. The molecule has 0 aliphatic rings. The van der Waals surface area contributed by atoms with Crippen molar-refractivity contribution in [3.8, 4) is 0 Å². The lowest BCUT2D eigenvalue weighted by molar-refractivity contribution is 1.28. The van der Waals surface area contributed by atoms with Crippen LogP contribution in [0, 0.1) is 6.92 Å². The highest BCUT2D eigenvalue weighted by Gasteiger charge is 2.02. The summed E-state index contributed by atoms with van der Waals surface area (Å²) in [5, 5.41) is 1.95. The van der Waals surface area contributed by atoms with Gasteiger partial charge in [0.1, 0.15) is 0 Å². The van der Waals surface area contributed by atoms with E-state index in [1.54, 1.807) is 6.07 Å². The number of aromatic amines is 1. The van der Waals surface area contributed by atoms with Gasteiger partial charge in [0.15, 0.2) is 0 Å². The van der Waals surface area contributed by atoms with Crippen molar-refractivity contribution in [2.75, 3.05) is 0 Å². The van der Waals surface area contributed by atoms with Crippen LogP contribution in [-0.4, -0.2) is 4.98 Å². The Bertz CT molecular complexity index is 530. The molecule has 2 rings (SSSR count). The van der Waals surface area contributed by atoms with Crippen molar-refractivity contribution >= 4 is 26.8 Å². The lowest BCUT2D eigenvalue weighted by atomic mass is 10.0. The molecule has 3 heteroatoms. The molecule has 0 saturated carbocycles. The predicted molar refractivity (Wildman–Crippen MR) is 61.9 cm³/mol. The summed E-state index contributed by atoms with van der Waals surface area (Å²) < 4.78 is 0. The normalized spacial score (nSPS) is 10.7. The van der Waals surface area contributed by atoms with Crippen LogP contribution in [0.25, 0.3) is 10.9 Å². The van der Waals surface area contributed by atoms with Crippen LogP contribution in [0.4, 0.5) is 0 Å². The summed E-state index contributed by atoms with van der Waals surface area (Å²) in [4.78, 5) is 13.9. The standard InChI is InChI=1S/C11H10BrNO/c1-7-8(6-12)2-4-10-9(7)3-5-11(14)13-10/h2-5H,6H2,1H3,(H,13,14). The number of benzene rings is 1. The van der Waals surface area contributed by atoms with Crippen molar-refractivity contribution in [1.29, 1.82) is 0 Å². The third kappa shape index (κ3) is 1.48. The first kappa shape index (κ1) is 9.46. The highest BCUT2D eigenvalue weighted by molar-refractivity contribution is 9.08. The average Bonchev–Trinajstić information content (AvgIpc) is 2.18. The van der Waals surface area contributed by atoms with Crippen LogP contribution >= 0.6 is 15.9 Å². The molecule has 0 aliphatic carbocycles. The second-order valence-corrected chi connectivity index (χ2v) is 3.83. The Morgan fingerprint density at radius 1 is 1.29 bits per heavy atom. The molecule has 0 saturated heterocycles. The fourth-order valence-corrected chi connectivity index (χ4v) is 2.18. The minimum Gasteiger partial charge on any atom is -0.322 e. The van der Waals surface area contributed by atoms with Gasteiger partial charge in [0, 0.05) is 22.3 Å². The van der Waals surface area contributed by atoms with Gasteiger partial charge in [0.05, 0.1) is 0 Å². The van der Waals surface area contributed by atoms with E-state index >= 15 is 0 Å². The highest BCUT2D eigenvalue weighted by Crippen LogP contribution is 2.20. The Morgan fingerprint density at radius 2 is 2.07 bits per heavy atom. The van der Waals surface area contributed by atoms with Crippen LogP contribution in [-0.2, 0) is 5.33 Å². The van der Waals surface area contributed by atoms with E-state index in [0.717, 1.165) is 16.2 Å². The molecule has 14 heavy (non-hydrogen) atoms. The Hall–Kier alpha value is -1.09. The number of fused-ring (bicyclic) bond motifs is 1. The van der Waals surface area contributed by atoms with Crippen molar-refractivity contribution in [3.63, 3.8) is 0 Å². The second-order valence-electron chi connectivity index (χ2n) is 3.27. The van der Waals surface area contributed by atoms with Crippen molar-refractivity contribution in [2.24, 2.45) is 0 Å². The number of aryl methyl sites for hydroxylation is 1. The van der Waals surface area contributed by atoms with E-state index in [-0.39, 0.29) is 5.56 Å². The van der Waals surface area contributed by atoms with E-state index in [0.29, 0.717) is 0 Å². The maximum atomic E-state index is 11.1. The minimum atomic E-state index is -0.0523. The molecule has 72 valence electrons. The Labute approximate surface area is 90.1 Å². The quantitative estimate of drug-likeness (QED) is 0.777. The van der Waals surface area contributed by atoms with Crippen LogP contribution < -0.4 is 5.56 Å². The molecule has 1 heterocycles. The molecule has 0 unspecified atom stereocenters. The number of nitrogens with one attached hydrogen (secondary N) is 1. The van der Waals surface area contributed by atoms with Crippen LogP contribution in [0.3, 0.4) is 0 Å². The van der Waals surface area contributed by atoms with E-state index in [4.69, 9.17) is 0 Å². The molecule has 1 N–H and O–H groups in total. The molecule has 0 bridgehead atoms. The summed E-state index contributed by atoms with van der Waals surface area (Å²) in [5.41, 5.74) is 3.32. The maximum absolute atomic E-state index is 11.1. The number of hydrogen-bond donors (Lipinski definition) is 1. The zero-order chi connectivity index (χ0) is 10.1. The topological polar surface area (TPSA) is 32.9 Å². The van der Waals surface area contributed by atoms with Crippen molar-refractivity contribution in [2.45, 2.75) is 12.3 Å². The molecule has 1 aromatic heterocycles. The number of alkyl halides is 1. The molecule has 0 amide bonds. The average molecular weight is 252 g/mol. The maximum Gasteiger partial charge on any atom is 0.248 e. The van der Waals surface area contributed by atoms with Gasteiger partial charge in [-0.1, -0.05) is 22.0 Å². The van der Waals surface area contributed by atoms with Gasteiger partial charge in [0.2, 0.25) is 5.56 Å². The lowest BCUT2D eigenvalue weighted by Crippen LogP contribution is -2.03. The van der Waals surface area contributed by atoms with E-state index < -0.39 is 0 Å². The summed E-state index contributed by atoms with van der Waals surface area (Å²) in [7, 11) is 0. The molecular formula is C11H10BrNO. The zero-order valence-electron chi connectivity index (χ0n) is 7.80. The Balaban J connectivity index is 2.84. The van der Waals surface area contributed by atoms with Crippen LogP contribution in [0.15, 0.2) is 29.1 Å².